The summed E-state index contributed by atoms with van der Waals surface area (Å²) in [4.78, 5) is 28.9. The highest BCUT2D eigenvalue weighted by molar-refractivity contribution is 8.00. The maximum Gasteiger partial charge on any atom is 0.233 e. The lowest BCUT2D eigenvalue weighted by Crippen LogP contribution is -2.47. The standard InChI is InChI=1S/C20H28N2O2S/c1-14(2)21(19(24)16-5-4-6-16)11-12-22-18(23)13-25-20(22)17-9-7-15(3)8-10-17/h7-10,14,16,20H,4-6,11-13H2,1-3H3. The van der Waals surface area contributed by atoms with E-state index in [9.17, 15) is 9.59 Å². The molecule has 0 radical (unpaired) electrons. The second-order valence-corrected chi connectivity index (χ2v) is 8.48. The van der Waals surface area contributed by atoms with Crippen LogP contribution < -0.4 is 0 Å². The van der Waals surface area contributed by atoms with Crippen LogP contribution in [0.25, 0.3) is 0 Å². The lowest BCUT2D eigenvalue weighted by molar-refractivity contribution is -0.141. The van der Waals surface area contributed by atoms with Gasteiger partial charge >= 0.3 is 0 Å². The molecule has 1 saturated heterocycles. The first kappa shape index (κ1) is 18.3. The van der Waals surface area contributed by atoms with Gasteiger partial charge in [0.1, 0.15) is 5.37 Å². The summed E-state index contributed by atoms with van der Waals surface area (Å²) in [5, 5.41) is 0.0703. The zero-order valence-electron chi connectivity index (χ0n) is 15.4. The van der Waals surface area contributed by atoms with E-state index in [2.05, 4.69) is 45.0 Å². The molecule has 1 aromatic carbocycles. The maximum absolute atomic E-state index is 12.7. The largest absolute Gasteiger partial charge is 0.338 e. The van der Waals surface area contributed by atoms with Gasteiger partial charge in [0.25, 0.3) is 0 Å². The average molecular weight is 361 g/mol. The highest BCUT2D eigenvalue weighted by atomic mass is 32.2. The molecular formula is C20H28N2O2S. The number of hydrogen-bond donors (Lipinski definition) is 0. The molecule has 0 N–H and O–H groups in total. The minimum absolute atomic E-state index is 0.0703. The zero-order valence-corrected chi connectivity index (χ0v) is 16.2. The summed E-state index contributed by atoms with van der Waals surface area (Å²) in [5.41, 5.74) is 2.39. The third-order valence-corrected chi connectivity index (χ3v) is 6.53. The number of carbonyl (C=O) groups is 2. The fourth-order valence-corrected chi connectivity index (χ4v) is 4.65. The Morgan fingerprint density at radius 3 is 2.52 bits per heavy atom. The van der Waals surface area contributed by atoms with Crippen molar-refractivity contribution in [3.63, 3.8) is 0 Å². The van der Waals surface area contributed by atoms with Crippen molar-refractivity contribution in [2.45, 2.75) is 51.4 Å². The predicted octanol–water partition coefficient (Wildman–Crippen LogP) is 3.61. The Labute approximate surface area is 154 Å². The summed E-state index contributed by atoms with van der Waals surface area (Å²) in [5.74, 6) is 1.18. The van der Waals surface area contributed by atoms with Gasteiger partial charge < -0.3 is 9.80 Å². The second-order valence-electron chi connectivity index (χ2n) is 7.41. The number of hydrogen-bond acceptors (Lipinski definition) is 3. The van der Waals surface area contributed by atoms with Gasteiger partial charge in [0.2, 0.25) is 11.8 Å². The molecule has 0 spiro atoms. The van der Waals surface area contributed by atoms with Crippen LogP contribution in [0.2, 0.25) is 0 Å². The number of aryl methyl sites for hydroxylation is 1. The summed E-state index contributed by atoms with van der Waals surface area (Å²) in [6, 6.07) is 8.59. The van der Waals surface area contributed by atoms with Crippen molar-refractivity contribution in [3.8, 4) is 0 Å². The van der Waals surface area contributed by atoms with Crippen LogP contribution in [0.15, 0.2) is 24.3 Å². The normalized spacial score (nSPS) is 20.9. The van der Waals surface area contributed by atoms with E-state index in [1.165, 1.54) is 17.5 Å². The van der Waals surface area contributed by atoms with Crippen molar-refractivity contribution >= 4 is 23.6 Å². The summed E-state index contributed by atoms with van der Waals surface area (Å²) >= 11 is 1.68. The number of carbonyl (C=O) groups excluding carboxylic acids is 2. The molecule has 1 heterocycles. The van der Waals surface area contributed by atoms with E-state index < -0.39 is 0 Å². The first-order valence-corrected chi connectivity index (χ1v) is 10.3. The molecule has 2 fully saturated rings. The molecule has 5 heteroatoms. The van der Waals surface area contributed by atoms with Crippen LogP contribution in [-0.4, -0.2) is 46.5 Å². The average Bonchev–Trinajstić information content (AvgIpc) is 2.87. The Bertz CT molecular complexity index is 625. The molecule has 1 saturated carbocycles. The molecule has 1 aromatic rings. The Hall–Kier alpha value is -1.49. The van der Waals surface area contributed by atoms with Gasteiger partial charge in [0, 0.05) is 25.0 Å². The van der Waals surface area contributed by atoms with Gasteiger partial charge in [-0.25, -0.2) is 0 Å². The number of thioether (sulfide) groups is 1. The smallest absolute Gasteiger partial charge is 0.233 e. The molecule has 1 unspecified atom stereocenters. The Kier molecular flexibility index (Phi) is 5.72. The molecule has 1 aliphatic heterocycles. The van der Waals surface area contributed by atoms with Crippen molar-refractivity contribution < 1.29 is 9.59 Å². The lowest BCUT2D eigenvalue weighted by Gasteiger charge is -2.36. The van der Waals surface area contributed by atoms with Gasteiger partial charge in [-0.2, -0.15) is 0 Å². The van der Waals surface area contributed by atoms with Crippen LogP contribution in [0, 0.1) is 12.8 Å². The Morgan fingerprint density at radius 2 is 1.96 bits per heavy atom. The monoisotopic (exact) mass is 360 g/mol. The highest BCUT2D eigenvalue weighted by Crippen LogP contribution is 2.38. The van der Waals surface area contributed by atoms with Crippen molar-refractivity contribution in [1.82, 2.24) is 9.80 Å². The van der Waals surface area contributed by atoms with Crippen LogP contribution >= 0.6 is 11.8 Å². The molecule has 4 nitrogen and oxygen atoms in total. The van der Waals surface area contributed by atoms with Crippen LogP contribution in [0.5, 0.6) is 0 Å². The molecule has 136 valence electrons. The highest BCUT2D eigenvalue weighted by Gasteiger charge is 2.35. The van der Waals surface area contributed by atoms with Crippen LogP contribution in [-0.2, 0) is 9.59 Å². The van der Waals surface area contributed by atoms with Crippen molar-refractivity contribution in [1.29, 1.82) is 0 Å². The maximum atomic E-state index is 12.7. The summed E-state index contributed by atoms with van der Waals surface area (Å²) in [6.45, 7) is 7.44. The van der Waals surface area contributed by atoms with E-state index in [0.717, 1.165) is 12.8 Å². The molecule has 0 bridgehead atoms. The molecule has 2 amide bonds. The van der Waals surface area contributed by atoms with Gasteiger partial charge in [-0.1, -0.05) is 36.2 Å². The Morgan fingerprint density at radius 1 is 1.28 bits per heavy atom. The minimum Gasteiger partial charge on any atom is -0.338 e. The quantitative estimate of drug-likeness (QED) is 0.778. The third kappa shape index (κ3) is 4.02. The number of nitrogens with zero attached hydrogens (tertiary/aromatic N) is 2. The first-order valence-electron chi connectivity index (χ1n) is 9.25. The molecule has 25 heavy (non-hydrogen) atoms. The molecular weight excluding hydrogens is 332 g/mol. The van der Waals surface area contributed by atoms with E-state index in [1.807, 2.05) is 9.80 Å². The summed E-state index contributed by atoms with van der Waals surface area (Å²) in [7, 11) is 0. The zero-order chi connectivity index (χ0) is 18.0. The summed E-state index contributed by atoms with van der Waals surface area (Å²) < 4.78 is 0. The van der Waals surface area contributed by atoms with Crippen molar-refractivity contribution in [3.05, 3.63) is 35.4 Å². The molecule has 1 atom stereocenters. The third-order valence-electron chi connectivity index (χ3n) is 5.27. The van der Waals surface area contributed by atoms with Gasteiger partial charge in [-0.15, -0.1) is 11.8 Å². The van der Waals surface area contributed by atoms with E-state index in [0.29, 0.717) is 18.8 Å². The molecule has 3 rings (SSSR count). The fourth-order valence-electron chi connectivity index (χ4n) is 3.43. The molecule has 0 aromatic heterocycles. The van der Waals surface area contributed by atoms with Crippen LogP contribution in [0.3, 0.4) is 0 Å². The number of benzene rings is 1. The SMILES string of the molecule is Cc1ccc(C2SCC(=O)N2CCN(C(=O)C2CCC2)C(C)C)cc1. The van der Waals surface area contributed by atoms with Gasteiger partial charge in [-0.3, -0.25) is 9.59 Å². The van der Waals surface area contributed by atoms with E-state index in [4.69, 9.17) is 0 Å². The minimum atomic E-state index is 0.0703. The second kappa shape index (κ2) is 7.81. The predicted molar refractivity (Wildman–Crippen MR) is 102 cm³/mol. The van der Waals surface area contributed by atoms with Crippen molar-refractivity contribution in [2.24, 2.45) is 5.92 Å². The Balaban J connectivity index is 1.67. The van der Waals surface area contributed by atoms with E-state index in [-0.39, 0.29) is 29.1 Å². The summed E-state index contributed by atoms with van der Waals surface area (Å²) in [6.07, 6.45) is 3.21. The van der Waals surface area contributed by atoms with Gasteiger partial charge in [0.15, 0.2) is 0 Å². The van der Waals surface area contributed by atoms with Crippen LogP contribution in [0.1, 0.15) is 49.6 Å². The van der Waals surface area contributed by atoms with E-state index >= 15 is 0 Å². The van der Waals surface area contributed by atoms with Gasteiger partial charge in [-0.05, 0) is 39.2 Å². The molecule has 2 aliphatic rings. The van der Waals surface area contributed by atoms with E-state index in [1.54, 1.807) is 11.8 Å². The van der Waals surface area contributed by atoms with Crippen molar-refractivity contribution in [2.75, 3.05) is 18.8 Å². The van der Waals surface area contributed by atoms with Gasteiger partial charge in [0.05, 0.1) is 5.75 Å². The number of amides is 2. The number of rotatable bonds is 6. The lowest BCUT2D eigenvalue weighted by atomic mass is 9.84. The molecule has 1 aliphatic carbocycles. The topological polar surface area (TPSA) is 40.6 Å². The first-order chi connectivity index (χ1) is 12.0. The fraction of sp³-hybridized carbons (Fsp3) is 0.600. The van der Waals surface area contributed by atoms with Crippen LogP contribution in [0.4, 0.5) is 0 Å².